The molecule has 0 aliphatic heterocycles. The number of methoxy groups -OCH3 is 1. The van der Waals surface area contributed by atoms with Crippen LogP contribution >= 0.6 is 31.9 Å². The van der Waals surface area contributed by atoms with E-state index in [0.717, 1.165) is 20.1 Å². The van der Waals surface area contributed by atoms with Gasteiger partial charge in [-0.25, -0.2) is 0 Å². The maximum atomic E-state index is 10.7. The average molecular weight is 415 g/mol. The summed E-state index contributed by atoms with van der Waals surface area (Å²) in [6.45, 7) is 0.348. The van der Waals surface area contributed by atoms with Crippen LogP contribution in [0.1, 0.15) is 23.1 Å². The van der Waals surface area contributed by atoms with E-state index in [-0.39, 0.29) is 5.92 Å². The molecule has 0 spiro atoms. The number of nitrogens with two attached hydrogens (primary N) is 1. The minimum absolute atomic E-state index is 0.189. The van der Waals surface area contributed by atoms with E-state index in [9.17, 15) is 5.11 Å². The fourth-order valence-electron chi connectivity index (χ4n) is 2.28. The zero-order valence-electron chi connectivity index (χ0n) is 11.6. The molecule has 0 fully saturated rings. The number of ether oxygens (including phenoxy) is 1. The second kappa shape index (κ2) is 7.40. The third-order valence-corrected chi connectivity index (χ3v) is 4.65. The lowest BCUT2D eigenvalue weighted by atomic mass is 9.89. The molecule has 5 heteroatoms. The van der Waals surface area contributed by atoms with Crippen LogP contribution in [0.25, 0.3) is 0 Å². The van der Waals surface area contributed by atoms with Crippen LogP contribution in [0.15, 0.2) is 51.4 Å². The minimum atomic E-state index is -0.714. The lowest BCUT2D eigenvalue weighted by Gasteiger charge is -2.24. The largest absolute Gasteiger partial charge is 0.497 e. The molecular formula is C16H17Br2NO2. The van der Waals surface area contributed by atoms with E-state index < -0.39 is 6.10 Å². The molecule has 0 saturated carbocycles. The van der Waals surface area contributed by atoms with Gasteiger partial charge in [-0.2, -0.15) is 0 Å². The molecule has 0 heterocycles. The topological polar surface area (TPSA) is 55.5 Å². The molecule has 0 aliphatic rings. The van der Waals surface area contributed by atoms with Crippen molar-refractivity contribution in [2.24, 2.45) is 5.73 Å². The summed E-state index contributed by atoms with van der Waals surface area (Å²) >= 11 is 6.93. The van der Waals surface area contributed by atoms with E-state index in [2.05, 4.69) is 31.9 Å². The third kappa shape index (κ3) is 3.86. The summed E-state index contributed by atoms with van der Waals surface area (Å²) in [7, 11) is 1.61. The number of hydrogen-bond acceptors (Lipinski definition) is 3. The van der Waals surface area contributed by atoms with E-state index in [1.807, 2.05) is 42.5 Å². The maximum absolute atomic E-state index is 10.7. The van der Waals surface area contributed by atoms with Crippen molar-refractivity contribution < 1.29 is 9.84 Å². The summed E-state index contributed by atoms with van der Waals surface area (Å²) < 4.78 is 7.03. The van der Waals surface area contributed by atoms with Gasteiger partial charge in [0.2, 0.25) is 0 Å². The molecule has 3 nitrogen and oxygen atoms in total. The molecule has 0 radical (unpaired) electrons. The standard InChI is InChI=1S/C16H17Br2NO2/c1-21-12-5-6-15(18)13(8-12)16(20)14(9-19)10-3-2-4-11(17)7-10/h2-8,14,16,20H,9,19H2,1H3. The van der Waals surface area contributed by atoms with Gasteiger partial charge >= 0.3 is 0 Å². The fourth-order valence-corrected chi connectivity index (χ4v) is 3.17. The third-order valence-electron chi connectivity index (χ3n) is 3.43. The van der Waals surface area contributed by atoms with Crippen molar-refractivity contribution >= 4 is 31.9 Å². The normalized spacial score (nSPS) is 13.8. The first-order chi connectivity index (χ1) is 10.1. The first-order valence-electron chi connectivity index (χ1n) is 6.54. The van der Waals surface area contributed by atoms with Crippen LogP contribution in [0.3, 0.4) is 0 Å². The average Bonchev–Trinajstić information content (AvgIpc) is 2.48. The van der Waals surface area contributed by atoms with Crippen molar-refractivity contribution in [1.82, 2.24) is 0 Å². The van der Waals surface area contributed by atoms with Crippen molar-refractivity contribution in [2.75, 3.05) is 13.7 Å². The summed E-state index contributed by atoms with van der Waals surface area (Å²) in [5, 5.41) is 10.7. The molecule has 2 rings (SSSR count). The van der Waals surface area contributed by atoms with Crippen LogP contribution in [-0.2, 0) is 0 Å². The van der Waals surface area contributed by atoms with Crippen molar-refractivity contribution in [2.45, 2.75) is 12.0 Å². The summed E-state index contributed by atoms with van der Waals surface area (Å²) in [6.07, 6.45) is -0.714. The van der Waals surface area contributed by atoms with Crippen LogP contribution in [0.4, 0.5) is 0 Å². The highest BCUT2D eigenvalue weighted by Gasteiger charge is 2.24. The Labute approximate surface area is 141 Å². The zero-order valence-corrected chi connectivity index (χ0v) is 14.8. The number of rotatable bonds is 5. The Kier molecular flexibility index (Phi) is 5.81. The summed E-state index contributed by atoms with van der Waals surface area (Å²) in [4.78, 5) is 0. The first-order valence-corrected chi connectivity index (χ1v) is 8.12. The van der Waals surface area contributed by atoms with Gasteiger partial charge in [-0.05, 0) is 41.5 Å². The number of aliphatic hydroxyl groups is 1. The van der Waals surface area contributed by atoms with Crippen LogP contribution in [0, 0.1) is 0 Å². The molecule has 0 saturated heterocycles. The number of aliphatic hydroxyl groups excluding tert-OH is 1. The number of halogens is 2. The van der Waals surface area contributed by atoms with E-state index in [1.165, 1.54) is 0 Å². The quantitative estimate of drug-likeness (QED) is 0.777. The SMILES string of the molecule is COc1ccc(Br)c(C(O)C(CN)c2cccc(Br)c2)c1. The van der Waals surface area contributed by atoms with Gasteiger partial charge in [-0.15, -0.1) is 0 Å². The molecule has 21 heavy (non-hydrogen) atoms. The van der Waals surface area contributed by atoms with E-state index >= 15 is 0 Å². The van der Waals surface area contributed by atoms with Gasteiger partial charge in [0.1, 0.15) is 5.75 Å². The van der Waals surface area contributed by atoms with E-state index in [1.54, 1.807) is 7.11 Å². The Morgan fingerprint density at radius 3 is 2.57 bits per heavy atom. The Morgan fingerprint density at radius 2 is 1.95 bits per heavy atom. The van der Waals surface area contributed by atoms with Crippen LogP contribution in [-0.4, -0.2) is 18.8 Å². The van der Waals surface area contributed by atoms with Gasteiger partial charge in [0.05, 0.1) is 13.2 Å². The van der Waals surface area contributed by atoms with E-state index in [4.69, 9.17) is 10.5 Å². The Morgan fingerprint density at radius 1 is 1.19 bits per heavy atom. The van der Waals surface area contributed by atoms with Crippen LogP contribution < -0.4 is 10.5 Å². The predicted molar refractivity (Wildman–Crippen MR) is 91.6 cm³/mol. The number of benzene rings is 2. The molecule has 0 bridgehead atoms. The lowest BCUT2D eigenvalue weighted by molar-refractivity contribution is 0.146. The highest BCUT2D eigenvalue weighted by molar-refractivity contribution is 9.10. The molecule has 112 valence electrons. The molecule has 0 amide bonds. The summed E-state index contributed by atoms with van der Waals surface area (Å²) in [6, 6.07) is 13.4. The van der Waals surface area contributed by atoms with Crippen LogP contribution in [0.2, 0.25) is 0 Å². The molecular weight excluding hydrogens is 398 g/mol. The zero-order chi connectivity index (χ0) is 15.4. The molecule has 2 atom stereocenters. The highest BCUT2D eigenvalue weighted by atomic mass is 79.9. The molecule has 2 aromatic carbocycles. The minimum Gasteiger partial charge on any atom is -0.497 e. The molecule has 2 unspecified atom stereocenters. The second-order valence-corrected chi connectivity index (χ2v) is 6.50. The Bertz CT molecular complexity index is 619. The molecule has 3 N–H and O–H groups in total. The maximum Gasteiger partial charge on any atom is 0.119 e. The van der Waals surface area contributed by atoms with Gasteiger partial charge < -0.3 is 15.6 Å². The lowest BCUT2D eigenvalue weighted by Crippen LogP contribution is -2.20. The van der Waals surface area contributed by atoms with Crippen molar-refractivity contribution in [3.63, 3.8) is 0 Å². The molecule has 0 aliphatic carbocycles. The van der Waals surface area contributed by atoms with Crippen molar-refractivity contribution in [3.8, 4) is 5.75 Å². The summed E-state index contributed by atoms with van der Waals surface area (Å²) in [5.74, 6) is 0.517. The van der Waals surface area contributed by atoms with E-state index in [0.29, 0.717) is 12.3 Å². The predicted octanol–water partition coefficient (Wildman–Crippen LogP) is 4.00. The van der Waals surface area contributed by atoms with Crippen molar-refractivity contribution in [1.29, 1.82) is 0 Å². The van der Waals surface area contributed by atoms with Gasteiger partial charge in [0.15, 0.2) is 0 Å². The monoisotopic (exact) mass is 413 g/mol. The van der Waals surface area contributed by atoms with Crippen molar-refractivity contribution in [3.05, 3.63) is 62.5 Å². The van der Waals surface area contributed by atoms with Gasteiger partial charge in [0.25, 0.3) is 0 Å². The highest BCUT2D eigenvalue weighted by Crippen LogP contribution is 2.36. The first kappa shape index (κ1) is 16.5. The second-order valence-electron chi connectivity index (χ2n) is 4.73. The van der Waals surface area contributed by atoms with Gasteiger partial charge in [-0.3, -0.25) is 0 Å². The van der Waals surface area contributed by atoms with Gasteiger partial charge in [-0.1, -0.05) is 44.0 Å². The summed E-state index contributed by atoms with van der Waals surface area (Å²) in [5.41, 5.74) is 7.65. The molecule has 2 aromatic rings. The van der Waals surface area contributed by atoms with Crippen LogP contribution in [0.5, 0.6) is 5.75 Å². The fraction of sp³-hybridized carbons (Fsp3) is 0.250. The number of hydrogen-bond donors (Lipinski definition) is 2. The Hall–Kier alpha value is -0.880. The smallest absolute Gasteiger partial charge is 0.119 e. The molecule has 0 aromatic heterocycles. The van der Waals surface area contributed by atoms with Gasteiger partial charge in [0, 0.05) is 21.4 Å². The Balaban J connectivity index is 2.38.